The van der Waals surface area contributed by atoms with E-state index in [0.29, 0.717) is 54.6 Å². The quantitative estimate of drug-likeness (QED) is 0.682. The van der Waals surface area contributed by atoms with Crippen molar-refractivity contribution >= 4 is 17.7 Å². The minimum atomic E-state index is -0.625. The van der Waals surface area contributed by atoms with Gasteiger partial charge in [-0.1, -0.05) is 6.07 Å². The predicted molar refractivity (Wildman–Crippen MR) is 111 cm³/mol. The summed E-state index contributed by atoms with van der Waals surface area (Å²) >= 11 is 0. The van der Waals surface area contributed by atoms with Crippen LogP contribution in [-0.2, 0) is 4.74 Å². The Bertz CT molecular complexity index is 1100. The van der Waals surface area contributed by atoms with Crippen molar-refractivity contribution < 1.29 is 13.9 Å². The number of anilines is 2. The van der Waals surface area contributed by atoms with E-state index in [1.54, 1.807) is 36.2 Å². The van der Waals surface area contributed by atoms with E-state index >= 15 is 0 Å². The maximum absolute atomic E-state index is 14.9. The Labute approximate surface area is 172 Å². The SMILES string of the molecule is Cc1nc(N)nc(-c2ccc(C(=O)N3CCOCC3)c(F)c2)c1-c1ccc(N)nc1. The third kappa shape index (κ3) is 3.79. The number of halogens is 1. The van der Waals surface area contributed by atoms with Crippen molar-refractivity contribution in [3.05, 3.63) is 53.6 Å². The van der Waals surface area contributed by atoms with Crippen LogP contribution in [0.2, 0.25) is 0 Å². The Kier molecular flexibility index (Phi) is 5.28. The van der Waals surface area contributed by atoms with Crippen LogP contribution in [0, 0.1) is 12.7 Å². The van der Waals surface area contributed by atoms with Crippen molar-refractivity contribution in [1.29, 1.82) is 0 Å². The molecule has 1 aromatic carbocycles. The Balaban J connectivity index is 1.76. The average Bonchev–Trinajstić information content (AvgIpc) is 2.74. The fourth-order valence-electron chi connectivity index (χ4n) is 3.47. The van der Waals surface area contributed by atoms with Gasteiger partial charge in [-0.05, 0) is 31.2 Å². The van der Waals surface area contributed by atoms with E-state index in [-0.39, 0.29) is 17.4 Å². The lowest BCUT2D eigenvalue weighted by atomic mass is 9.98. The minimum Gasteiger partial charge on any atom is -0.384 e. The number of nitrogens with zero attached hydrogens (tertiary/aromatic N) is 4. The van der Waals surface area contributed by atoms with Gasteiger partial charge in [0.2, 0.25) is 5.95 Å². The predicted octanol–water partition coefficient (Wildman–Crippen LogP) is 2.29. The van der Waals surface area contributed by atoms with Gasteiger partial charge in [0.05, 0.1) is 30.2 Å². The molecule has 154 valence electrons. The molecule has 4 rings (SSSR count). The van der Waals surface area contributed by atoms with E-state index in [0.717, 1.165) is 5.56 Å². The van der Waals surface area contributed by atoms with Gasteiger partial charge < -0.3 is 21.1 Å². The zero-order valence-electron chi connectivity index (χ0n) is 16.4. The Morgan fingerprint density at radius 1 is 1.10 bits per heavy atom. The lowest BCUT2D eigenvalue weighted by molar-refractivity contribution is 0.0300. The number of hydrogen-bond donors (Lipinski definition) is 2. The summed E-state index contributed by atoms with van der Waals surface area (Å²) in [6.07, 6.45) is 1.60. The largest absolute Gasteiger partial charge is 0.384 e. The fourth-order valence-corrected chi connectivity index (χ4v) is 3.47. The monoisotopic (exact) mass is 408 g/mol. The molecule has 8 nitrogen and oxygen atoms in total. The first-order valence-corrected chi connectivity index (χ1v) is 9.47. The van der Waals surface area contributed by atoms with E-state index in [1.807, 2.05) is 0 Å². The second kappa shape index (κ2) is 8.03. The first kappa shape index (κ1) is 19.7. The first-order chi connectivity index (χ1) is 14.4. The number of carbonyl (C=O) groups excluding carboxylic acids is 1. The van der Waals surface area contributed by atoms with Crippen LogP contribution in [0.3, 0.4) is 0 Å². The van der Waals surface area contributed by atoms with Crippen molar-refractivity contribution in [2.75, 3.05) is 37.8 Å². The molecule has 1 fully saturated rings. The third-order valence-electron chi connectivity index (χ3n) is 4.95. The van der Waals surface area contributed by atoms with Gasteiger partial charge in [-0.25, -0.2) is 19.3 Å². The molecule has 1 saturated heterocycles. The molecule has 0 spiro atoms. The summed E-state index contributed by atoms with van der Waals surface area (Å²) in [6, 6.07) is 7.89. The number of carbonyl (C=O) groups is 1. The molecule has 0 bridgehead atoms. The molecule has 3 heterocycles. The van der Waals surface area contributed by atoms with Crippen LogP contribution in [0.1, 0.15) is 16.1 Å². The summed E-state index contributed by atoms with van der Waals surface area (Å²) < 4.78 is 20.2. The van der Waals surface area contributed by atoms with Crippen LogP contribution in [0.5, 0.6) is 0 Å². The number of aryl methyl sites for hydroxylation is 1. The maximum Gasteiger partial charge on any atom is 0.256 e. The molecule has 1 aliphatic heterocycles. The number of benzene rings is 1. The van der Waals surface area contributed by atoms with Gasteiger partial charge in [-0.3, -0.25) is 4.79 Å². The van der Waals surface area contributed by atoms with Crippen molar-refractivity contribution in [2.24, 2.45) is 0 Å². The zero-order valence-corrected chi connectivity index (χ0v) is 16.4. The summed E-state index contributed by atoms with van der Waals surface area (Å²) in [7, 11) is 0. The number of aromatic nitrogens is 3. The lowest BCUT2D eigenvalue weighted by Crippen LogP contribution is -2.41. The van der Waals surface area contributed by atoms with Crippen LogP contribution in [0.25, 0.3) is 22.4 Å². The summed E-state index contributed by atoms with van der Waals surface area (Å²) in [4.78, 5) is 26.9. The molecule has 9 heteroatoms. The summed E-state index contributed by atoms with van der Waals surface area (Å²) in [5, 5.41) is 0. The van der Waals surface area contributed by atoms with Crippen LogP contribution >= 0.6 is 0 Å². The number of hydrogen-bond acceptors (Lipinski definition) is 7. The molecule has 30 heavy (non-hydrogen) atoms. The van der Waals surface area contributed by atoms with Gasteiger partial charge in [0.15, 0.2) is 0 Å². The third-order valence-corrected chi connectivity index (χ3v) is 4.95. The van der Waals surface area contributed by atoms with E-state index in [4.69, 9.17) is 16.2 Å². The summed E-state index contributed by atoms with van der Waals surface area (Å²) in [6.45, 7) is 3.57. The van der Waals surface area contributed by atoms with Gasteiger partial charge in [-0.15, -0.1) is 0 Å². The fraction of sp³-hybridized carbons (Fsp3) is 0.238. The van der Waals surface area contributed by atoms with Gasteiger partial charge >= 0.3 is 0 Å². The van der Waals surface area contributed by atoms with Crippen molar-refractivity contribution in [2.45, 2.75) is 6.92 Å². The normalized spacial score (nSPS) is 14.0. The smallest absolute Gasteiger partial charge is 0.256 e. The number of amides is 1. The molecule has 2 aromatic heterocycles. The average molecular weight is 408 g/mol. The second-order valence-electron chi connectivity index (χ2n) is 6.96. The van der Waals surface area contributed by atoms with Crippen LogP contribution in [-0.4, -0.2) is 52.1 Å². The molecular weight excluding hydrogens is 387 g/mol. The van der Waals surface area contributed by atoms with Crippen LogP contribution in [0.15, 0.2) is 36.5 Å². The maximum atomic E-state index is 14.9. The van der Waals surface area contributed by atoms with E-state index in [1.165, 1.54) is 12.1 Å². The van der Waals surface area contributed by atoms with Gasteiger partial charge in [0.1, 0.15) is 11.6 Å². The highest BCUT2D eigenvalue weighted by Gasteiger charge is 2.23. The van der Waals surface area contributed by atoms with Gasteiger partial charge in [0, 0.05) is 36.0 Å². The van der Waals surface area contributed by atoms with Crippen molar-refractivity contribution in [1.82, 2.24) is 19.9 Å². The van der Waals surface area contributed by atoms with Gasteiger partial charge in [0.25, 0.3) is 5.91 Å². The number of morpholine rings is 1. The summed E-state index contributed by atoms with van der Waals surface area (Å²) in [5.41, 5.74) is 14.5. The summed E-state index contributed by atoms with van der Waals surface area (Å²) in [5.74, 6) is -0.529. The van der Waals surface area contributed by atoms with Crippen LogP contribution < -0.4 is 11.5 Å². The molecule has 4 N–H and O–H groups in total. The molecule has 1 aliphatic rings. The molecule has 1 amide bonds. The van der Waals surface area contributed by atoms with E-state index in [9.17, 15) is 9.18 Å². The van der Waals surface area contributed by atoms with Crippen LogP contribution in [0.4, 0.5) is 16.2 Å². The van der Waals surface area contributed by atoms with E-state index < -0.39 is 5.82 Å². The number of nitrogens with two attached hydrogens (primary N) is 2. The molecule has 3 aromatic rings. The first-order valence-electron chi connectivity index (χ1n) is 9.47. The Morgan fingerprint density at radius 3 is 2.50 bits per heavy atom. The lowest BCUT2D eigenvalue weighted by Gasteiger charge is -2.27. The number of rotatable bonds is 3. The van der Waals surface area contributed by atoms with Crippen molar-refractivity contribution in [3.63, 3.8) is 0 Å². The van der Waals surface area contributed by atoms with E-state index in [2.05, 4.69) is 15.0 Å². The molecule has 0 unspecified atom stereocenters. The second-order valence-corrected chi connectivity index (χ2v) is 6.96. The minimum absolute atomic E-state index is 0.00935. The molecule has 0 radical (unpaired) electrons. The number of ether oxygens (including phenoxy) is 1. The highest BCUT2D eigenvalue weighted by Crippen LogP contribution is 2.34. The Hall–Kier alpha value is -3.59. The van der Waals surface area contributed by atoms with Crippen molar-refractivity contribution in [3.8, 4) is 22.4 Å². The number of pyridine rings is 1. The molecule has 0 aliphatic carbocycles. The zero-order chi connectivity index (χ0) is 21.3. The Morgan fingerprint density at radius 2 is 1.83 bits per heavy atom. The number of nitrogen functional groups attached to an aromatic ring is 2. The highest BCUT2D eigenvalue weighted by atomic mass is 19.1. The molecule has 0 atom stereocenters. The standard InChI is InChI=1S/C21H21FN6O2/c1-12-18(14-3-5-17(23)25-11-14)19(27-21(24)26-12)13-2-4-15(16(22)10-13)20(29)28-6-8-30-9-7-28/h2-5,10-11H,6-9H2,1H3,(H2,23,25)(H2,24,26,27). The van der Waals surface area contributed by atoms with Gasteiger partial charge in [-0.2, -0.15) is 0 Å². The highest BCUT2D eigenvalue weighted by molar-refractivity contribution is 5.95. The topological polar surface area (TPSA) is 120 Å². The molecule has 0 saturated carbocycles. The molecular formula is C21H21FN6O2.